The summed E-state index contributed by atoms with van der Waals surface area (Å²) in [4.78, 5) is 23.3. The fourth-order valence-corrected chi connectivity index (χ4v) is 1.81. The molecule has 25 heavy (non-hydrogen) atoms. The van der Waals surface area contributed by atoms with E-state index >= 15 is 0 Å². The summed E-state index contributed by atoms with van der Waals surface area (Å²) in [6.07, 6.45) is -4.63. The van der Waals surface area contributed by atoms with Gasteiger partial charge in [0.25, 0.3) is 5.91 Å². The predicted molar refractivity (Wildman–Crippen MR) is 76.7 cm³/mol. The predicted octanol–water partition coefficient (Wildman–Crippen LogP) is 3.78. The third-order valence-electron chi connectivity index (χ3n) is 2.97. The number of halogens is 5. The molecular formula is C16H10F5NO3. The molecule has 0 fully saturated rings. The molecule has 0 atom stereocenters. The molecule has 9 heteroatoms. The number of carbonyl (C=O) groups is 2. The number of ether oxygens (including phenoxy) is 1. The minimum atomic E-state index is -4.63. The molecule has 0 bridgehead atoms. The second-order valence-corrected chi connectivity index (χ2v) is 4.83. The van der Waals surface area contributed by atoms with Gasteiger partial charge in [0.15, 0.2) is 6.61 Å². The van der Waals surface area contributed by atoms with E-state index in [2.05, 4.69) is 4.74 Å². The van der Waals surface area contributed by atoms with Crippen molar-refractivity contribution < 1.29 is 36.3 Å². The lowest BCUT2D eigenvalue weighted by Crippen LogP contribution is -2.21. The minimum Gasteiger partial charge on any atom is -0.452 e. The van der Waals surface area contributed by atoms with E-state index in [0.29, 0.717) is 12.1 Å². The maximum atomic E-state index is 13.4. The van der Waals surface area contributed by atoms with E-state index in [1.165, 1.54) is 0 Å². The van der Waals surface area contributed by atoms with Gasteiger partial charge in [0, 0.05) is 6.07 Å². The summed E-state index contributed by atoms with van der Waals surface area (Å²) in [5, 5.41) is 2.04. The van der Waals surface area contributed by atoms with Gasteiger partial charge in [-0.3, -0.25) is 4.79 Å². The van der Waals surface area contributed by atoms with Gasteiger partial charge in [-0.25, -0.2) is 13.6 Å². The highest BCUT2D eigenvalue weighted by Gasteiger charge is 2.31. The molecule has 0 aliphatic rings. The topological polar surface area (TPSA) is 55.4 Å². The second kappa shape index (κ2) is 7.29. The SMILES string of the molecule is O=C(COC(=O)c1cccc(C(F)(F)F)c1)Nc1ccc(F)cc1F. The average molecular weight is 359 g/mol. The molecule has 0 aliphatic heterocycles. The van der Waals surface area contributed by atoms with E-state index in [0.717, 1.165) is 30.3 Å². The molecule has 2 aromatic rings. The van der Waals surface area contributed by atoms with Crippen molar-refractivity contribution in [3.8, 4) is 0 Å². The van der Waals surface area contributed by atoms with Crippen LogP contribution in [-0.4, -0.2) is 18.5 Å². The first-order chi connectivity index (χ1) is 11.7. The van der Waals surface area contributed by atoms with Gasteiger partial charge in [0.1, 0.15) is 11.6 Å². The lowest BCUT2D eigenvalue weighted by molar-refractivity contribution is -0.137. The van der Waals surface area contributed by atoms with Crippen LogP contribution in [0.3, 0.4) is 0 Å². The fraction of sp³-hybridized carbons (Fsp3) is 0.125. The largest absolute Gasteiger partial charge is 0.452 e. The van der Waals surface area contributed by atoms with Crippen LogP contribution in [0.1, 0.15) is 15.9 Å². The monoisotopic (exact) mass is 359 g/mol. The van der Waals surface area contributed by atoms with Gasteiger partial charge in [-0.15, -0.1) is 0 Å². The number of hydrogen-bond donors (Lipinski definition) is 1. The Morgan fingerprint density at radius 3 is 2.40 bits per heavy atom. The average Bonchev–Trinajstić information content (AvgIpc) is 2.54. The zero-order chi connectivity index (χ0) is 18.6. The van der Waals surface area contributed by atoms with Crippen molar-refractivity contribution in [1.82, 2.24) is 0 Å². The first kappa shape index (κ1) is 18.4. The van der Waals surface area contributed by atoms with Crippen LogP contribution in [0.4, 0.5) is 27.6 Å². The first-order valence-corrected chi connectivity index (χ1v) is 6.76. The number of alkyl halides is 3. The zero-order valence-electron chi connectivity index (χ0n) is 12.4. The number of benzene rings is 2. The molecule has 0 spiro atoms. The number of rotatable bonds is 4. The van der Waals surface area contributed by atoms with E-state index in [1.807, 2.05) is 5.32 Å². The number of esters is 1. The van der Waals surface area contributed by atoms with Crippen molar-refractivity contribution >= 4 is 17.6 Å². The number of amides is 1. The van der Waals surface area contributed by atoms with E-state index in [9.17, 15) is 31.5 Å². The van der Waals surface area contributed by atoms with E-state index in [4.69, 9.17) is 0 Å². The van der Waals surface area contributed by atoms with Gasteiger partial charge in [-0.2, -0.15) is 13.2 Å². The Balaban J connectivity index is 1.96. The van der Waals surface area contributed by atoms with E-state index in [1.54, 1.807) is 0 Å². The highest BCUT2D eigenvalue weighted by atomic mass is 19.4. The molecule has 132 valence electrons. The van der Waals surface area contributed by atoms with Crippen LogP contribution < -0.4 is 5.32 Å². The molecule has 0 unspecified atom stereocenters. The standard InChI is InChI=1S/C16H10F5NO3/c17-11-4-5-13(12(18)7-11)22-14(23)8-25-15(24)9-2-1-3-10(6-9)16(19,20)21/h1-7H,8H2,(H,22,23). The third-order valence-corrected chi connectivity index (χ3v) is 2.97. The maximum absolute atomic E-state index is 13.4. The van der Waals surface area contributed by atoms with E-state index < -0.39 is 47.4 Å². The van der Waals surface area contributed by atoms with Gasteiger partial charge in [-0.1, -0.05) is 6.07 Å². The molecule has 2 rings (SSSR count). The number of carbonyl (C=O) groups excluding carboxylic acids is 2. The van der Waals surface area contributed by atoms with Crippen LogP contribution in [0.5, 0.6) is 0 Å². The molecular weight excluding hydrogens is 349 g/mol. The molecule has 0 aliphatic carbocycles. The second-order valence-electron chi connectivity index (χ2n) is 4.83. The lowest BCUT2D eigenvalue weighted by atomic mass is 10.1. The smallest absolute Gasteiger partial charge is 0.416 e. The molecule has 4 nitrogen and oxygen atoms in total. The van der Waals surface area contributed by atoms with Crippen molar-refractivity contribution in [2.24, 2.45) is 0 Å². The maximum Gasteiger partial charge on any atom is 0.416 e. The summed E-state index contributed by atoms with van der Waals surface area (Å²) >= 11 is 0. The van der Waals surface area contributed by atoms with Gasteiger partial charge in [-0.05, 0) is 30.3 Å². The molecule has 0 aromatic heterocycles. The van der Waals surface area contributed by atoms with Crippen LogP contribution in [0.15, 0.2) is 42.5 Å². The molecule has 0 saturated heterocycles. The molecule has 0 radical (unpaired) electrons. The number of nitrogens with one attached hydrogen (secondary N) is 1. The van der Waals surface area contributed by atoms with Crippen LogP contribution in [0.2, 0.25) is 0 Å². The normalized spacial score (nSPS) is 11.1. The van der Waals surface area contributed by atoms with Crippen LogP contribution in [0.25, 0.3) is 0 Å². The van der Waals surface area contributed by atoms with Crippen LogP contribution >= 0.6 is 0 Å². The lowest BCUT2D eigenvalue weighted by Gasteiger charge is -2.09. The van der Waals surface area contributed by atoms with Crippen molar-refractivity contribution in [3.63, 3.8) is 0 Å². The quantitative estimate of drug-likeness (QED) is 0.668. The van der Waals surface area contributed by atoms with Crippen LogP contribution in [0, 0.1) is 11.6 Å². The highest BCUT2D eigenvalue weighted by Crippen LogP contribution is 2.29. The summed E-state index contributed by atoms with van der Waals surface area (Å²) in [6, 6.07) is 5.90. The summed E-state index contributed by atoms with van der Waals surface area (Å²) in [6.45, 7) is -0.855. The Hall–Kier alpha value is -2.97. The number of anilines is 1. The Labute approximate surface area is 138 Å². The molecule has 2 aromatic carbocycles. The molecule has 0 saturated carbocycles. The summed E-state index contributed by atoms with van der Waals surface area (Å²) < 4.78 is 68.4. The summed E-state index contributed by atoms with van der Waals surface area (Å²) in [5.41, 5.74) is -1.77. The fourth-order valence-electron chi connectivity index (χ4n) is 1.81. The third kappa shape index (κ3) is 5.00. The van der Waals surface area contributed by atoms with Gasteiger partial charge in [0.2, 0.25) is 0 Å². The van der Waals surface area contributed by atoms with Gasteiger partial charge >= 0.3 is 12.1 Å². The Morgan fingerprint density at radius 1 is 1.04 bits per heavy atom. The van der Waals surface area contributed by atoms with Gasteiger partial charge in [0.05, 0.1) is 16.8 Å². The first-order valence-electron chi connectivity index (χ1n) is 6.76. The summed E-state index contributed by atoms with van der Waals surface area (Å²) in [7, 11) is 0. The zero-order valence-corrected chi connectivity index (χ0v) is 12.4. The Morgan fingerprint density at radius 2 is 1.76 bits per heavy atom. The van der Waals surface area contributed by atoms with Crippen molar-refractivity contribution in [3.05, 3.63) is 65.2 Å². The van der Waals surface area contributed by atoms with Crippen molar-refractivity contribution in [2.45, 2.75) is 6.18 Å². The molecule has 1 N–H and O–H groups in total. The minimum absolute atomic E-state index is 0.332. The molecule has 0 heterocycles. The van der Waals surface area contributed by atoms with E-state index in [-0.39, 0.29) is 5.69 Å². The Bertz CT molecular complexity index is 805. The Kier molecular flexibility index (Phi) is 5.35. The van der Waals surface area contributed by atoms with Crippen LogP contribution in [-0.2, 0) is 15.7 Å². The van der Waals surface area contributed by atoms with Crippen molar-refractivity contribution in [2.75, 3.05) is 11.9 Å². The van der Waals surface area contributed by atoms with Gasteiger partial charge < -0.3 is 10.1 Å². The number of hydrogen-bond acceptors (Lipinski definition) is 3. The van der Waals surface area contributed by atoms with Crippen molar-refractivity contribution in [1.29, 1.82) is 0 Å². The molecule has 1 amide bonds. The summed E-state index contributed by atoms with van der Waals surface area (Å²) in [5.74, 6) is -3.96. The highest BCUT2D eigenvalue weighted by molar-refractivity contribution is 5.95.